The topological polar surface area (TPSA) is 51.2 Å². The summed E-state index contributed by atoms with van der Waals surface area (Å²) in [4.78, 5) is 15.8. The number of aromatic nitrogens is 1. The van der Waals surface area contributed by atoms with Crippen molar-refractivity contribution in [1.82, 2.24) is 4.98 Å². The Bertz CT molecular complexity index is 732. The van der Waals surface area contributed by atoms with Crippen molar-refractivity contribution >= 4 is 38.5 Å². The van der Waals surface area contributed by atoms with Crippen LogP contribution in [0, 0.1) is 0 Å². The number of halogens is 4. The van der Waals surface area contributed by atoms with Gasteiger partial charge in [0.15, 0.2) is 0 Å². The van der Waals surface area contributed by atoms with Gasteiger partial charge in [-0.1, -0.05) is 15.9 Å². The van der Waals surface area contributed by atoms with Crippen LogP contribution >= 0.6 is 15.9 Å². The van der Waals surface area contributed by atoms with Crippen molar-refractivity contribution in [3.05, 3.63) is 33.9 Å². The Morgan fingerprint density at radius 1 is 1.41 bits per heavy atom. The third kappa shape index (κ3) is 3.01. The van der Waals surface area contributed by atoms with E-state index < -0.39 is 17.7 Å². The number of carbonyl (C=O) groups excluding carboxylic acids is 1. The van der Waals surface area contributed by atoms with Gasteiger partial charge < -0.3 is 10.1 Å². The number of benzene rings is 1. The van der Waals surface area contributed by atoms with Gasteiger partial charge in [-0.3, -0.25) is 4.98 Å². The van der Waals surface area contributed by atoms with Gasteiger partial charge in [0.25, 0.3) is 0 Å². The van der Waals surface area contributed by atoms with Crippen LogP contribution in [0.2, 0.25) is 0 Å². The standard InChI is InChI=1S/C14H12BrF3N2O2/c1-3-22-13(21)8-6-20-11-5-9(14(16,17)18)10(15)4-7(11)12(8)19-2/h4-6H,3H2,1-2H3,(H,19,20). The molecular weight excluding hydrogens is 365 g/mol. The summed E-state index contributed by atoms with van der Waals surface area (Å²) in [6, 6.07) is 2.23. The van der Waals surface area contributed by atoms with Crippen molar-refractivity contribution in [1.29, 1.82) is 0 Å². The lowest BCUT2D eigenvalue weighted by Gasteiger charge is -2.14. The predicted octanol–water partition coefficient (Wildman–Crippen LogP) is 4.23. The number of carbonyl (C=O) groups is 1. The summed E-state index contributed by atoms with van der Waals surface area (Å²) in [5, 5.41) is 3.22. The van der Waals surface area contributed by atoms with Gasteiger partial charge in [0.2, 0.25) is 0 Å². The second-order valence-corrected chi connectivity index (χ2v) is 5.22. The molecule has 1 aromatic heterocycles. The molecule has 0 radical (unpaired) electrons. The van der Waals surface area contributed by atoms with E-state index in [1.807, 2.05) is 0 Å². The molecular formula is C14H12BrF3N2O2. The molecule has 0 aliphatic rings. The molecule has 4 nitrogen and oxygen atoms in total. The molecule has 1 aromatic carbocycles. The van der Waals surface area contributed by atoms with Crippen molar-refractivity contribution in [3.8, 4) is 0 Å². The molecule has 2 rings (SSSR count). The van der Waals surface area contributed by atoms with Crippen molar-refractivity contribution in [3.63, 3.8) is 0 Å². The molecule has 0 fully saturated rings. The minimum Gasteiger partial charge on any atom is -0.462 e. The molecule has 8 heteroatoms. The number of hydrogen-bond donors (Lipinski definition) is 1. The molecule has 0 saturated carbocycles. The second kappa shape index (κ2) is 6.12. The van der Waals surface area contributed by atoms with Gasteiger partial charge in [-0.25, -0.2) is 4.79 Å². The van der Waals surface area contributed by atoms with Crippen LogP contribution in [0.1, 0.15) is 22.8 Å². The Kier molecular flexibility index (Phi) is 4.60. The molecule has 22 heavy (non-hydrogen) atoms. The van der Waals surface area contributed by atoms with E-state index in [0.717, 1.165) is 6.07 Å². The Morgan fingerprint density at radius 3 is 2.64 bits per heavy atom. The van der Waals surface area contributed by atoms with E-state index in [1.54, 1.807) is 14.0 Å². The van der Waals surface area contributed by atoms with Gasteiger partial charge >= 0.3 is 12.1 Å². The highest BCUT2D eigenvalue weighted by molar-refractivity contribution is 9.10. The van der Waals surface area contributed by atoms with E-state index >= 15 is 0 Å². The van der Waals surface area contributed by atoms with Crippen molar-refractivity contribution < 1.29 is 22.7 Å². The summed E-state index contributed by atoms with van der Waals surface area (Å²) in [7, 11) is 1.57. The Labute approximate surface area is 132 Å². The summed E-state index contributed by atoms with van der Waals surface area (Å²) < 4.78 is 43.6. The molecule has 1 heterocycles. The van der Waals surface area contributed by atoms with E-state index in [-0.39, 0.29) is 22.2 Å². The van der Waals surface area contributed by atoms with Crippen LogP contribution in [-0.4, -0.2) is 24.6 Å². The Hall–Kier alpha value is -1.83. The smallest absolute Gasteiger partial charge is 0.417 e. The molecule has 0 aliphatic carbocycles. The highest BCUT2D eigenvalue weighted by atomic mass is 79.9. The lowest BCUT2D eigenvalue weighted by atomic mass is 10.1. The van der Waals surface area contributed by atoms with Gasteiger partial charge in [-0.05, 0) is 19.1 Å². The minimum absolute atomic E-state index is 0.119. The van der Waals surface area contributed by atoms with Crippen LogP contribution in [0.5, 0.6) is 0 Å². The quantitative estimate of drug-likeness (QED) is 0.814. The summed E-state index contributed by atoms with van der Waals surface area (Å²) in [6.07, 6.45) is -3.28. The van der Waals surface area contributed by atoms with E-state index in [2.05, 4.69) is 26.2 Å². The number of nitrogens with one attached hydrogen (secondary N) is 1. The van der Waals surface area contributed by atoms with Gasteiger partial charge in [0.1, 0.15) is 5.56 Å². The molecule has 0 aliphatic heterocycles. The van der Waals surface area contributed by atoms with Crippen LogP contribution in [-0.2, 0) is 10.9 Å². The van der Waals surface area contributed by atoms with E-state index in [9.17, 15) is 18.0 Å². The summed E-state index contributed by atoms with van der Waals surface area (Å²) in [5.41, 5.74) is -0.146. The minimum atomic E-state index is -4.49. The molecule has 118 valence electrons. The van der Waals surface area contributed by atoms with Crippen LogP contribution in [0.15, 0.2) is 22.8 Å². The molecule has 0 bridgehead atoms. The van der Waals surface area contributed by atoms with Crippen LogP contribution in [0.25, 0.3) is 10.9 Å². The molecule has 0 unspecified atom stereocenters. The molecule has 1 N–H and O–H groups in total. The zero-order valence-corrected chi connectivity index (χ0v) is 13.3. The lowest BCUT2D eigenvalue weighted by Crippen LogP contribution is -2.10. The average Bonchev–Trinajstić information content (AvgIpc) is 2.44. The Morgan fingerprint density at radius 2 is 2.09 bits per heavy atom. The van der Waals surface area contributed by atoms with Crippen molar-refractivity contribution in [2.24, 2.45) is 0 Å². The van der Waals surface area contributed by atoms with E-state index in [1.165, 1.54) is 12.3 Å². The number of esters is 1. The monoisotopic (exact) mass is 376 g/mol. The molecule has 0 amide bonds. The number of anilines is 1. The van der Waals surface area contributed by atoms with Crippen molar-refractivity contribution in [2.45, 2.75) is 13.1 Å². The first-order valence-electron chi connectivity index (χ1n) is 6.34. The predicted molar refractivity (Wildman–Crippen MR) is 79.9 cm³/mol. The maximum absolute atomic E-state index is 12.9. The van der Waals surface area contributed by atoms with E-state index in [0.29, 0.717) is 11.1 Å². The number of alkyl halides is 3. The fourth-order valence-corrected chi connectivity index (χ4v) is 2.63. The molecule has 2 aromatic rings. The maximum atomic E-state index is 12.9. The molecule has 0 atom stereocenters. The average molecular weight is 377 g/mol. The van der Waals surface area contributed by atoms with Gasteiger partial charge in [-0.2, -0.15) is 13.2 Å². The Balaban J connectivity index is 2.70. The number of rotatable bonds is 3. The maximum Gasteiger partial charge on any atom is 0.417 e. The van der Waals surface area contributed by atoms with Crippen LogP contribution < -0.4 is 5.32 Å². The first kappa shape index (κ1) is 16.5. The highest BCUT2D eigenvalue weighted by Crippen LogP contribution is 2.39. The molecule has 0 spiro atoms. The van der Waals surface area contributed by atoms with E-state index in [4.69, 9.17) is 4.74 Å². The van der Waals surface area contributed by atoms with Crippen molar-refractivity contribution in [2.75, 3.05) is 19.0 Å². The lowest BCUT2D eigenvalue weighted by molar-refractivity contribution is -0.138. The first-order chi connectivity index (χ1) is 10.3. The number of ether oxygens (including phenoxy) is 1. The SMILES string of the molecule is CCOC(=O)c1cnc2cc(C(F)(F)F)c(Br)cc2c1NC. The third-order valence-corrected chi connectivity index (χ3v) is 3.66. The fraction of sp³-hybridized carbons (Fsp3) is 0.286. The van der Waals surface area contributed by atoms with Gasteiger partial charge in [0.05, 0.1) is 23.4 Å². The fourth-order valence-electron chi connectivity index (χ4n) is 2.06. The zero-order chi connectivity index (χ0) is 16.5. The summed E-state index contributed by atoms with van der Waals surface area (Å²) in [6.45, 7) is 1.86. The molecule has 0 saturated heterocycles. The zero-order valence-electron chi connectivity index (χ0n) is 11.7. The number of nitrogens with zero attached hydrogens (tertiary/aromatic N) is 1. The highest BCUT2D eigenvalue weighted by Gasteiger charge is 2.33. The van der Waals surface area contributed by atoms with Gasteiger partial charge in [0, 0.05) is 23.1 Å². The number of fused-ring (bicyclic) bond motifs is 1. The second-order valence-electron chi connectivity index (χ2n) is 4.36. The first-order valence-corrected chi connectivity index (χ1v) is 7.13. The normalized spacial score (nSPS) is 11.5. The summed E-state index contributed by atoms with van der Waals surface area (Å²) in [5.74, 6) is -0.586. The van der Waals surface area contributed by atoms with Crippen LogP contribution in [0.4, 0.5) is 18.9 Å². The third-order valence-electron chi connectivity index (χ3n) is 3.01. The summed E-state index contributed by atoms with van der Waals surface area (Å²) >= 11 is 2.92. The van der Waals surface area contributed by atoms with Gasteiger partial charge in [-0.15, -0.1) is 0 Å². The largest absolute Gasteiger partial charge is 0.462 e. The van der Waals surface area contributed by atoms with Crippen LogP contribution in [0.3, 0.4) is 0 Å². The number of hydrogen-bond acceptors (Lipinski definition) is 4. The number of pyridine rings is 1.